The predicted molar refractivity (Wildman–Crippen MR) is 71.4 cm³/mol. The minimum absolute atomic E-state index is 0.177. The van der Waals surface area contributed by atoms with E-state index in [2.05, 4.69) is 55.8 Å². The van der Waals surface area contributed by atoms with Gasteiger partial charge in [-0.25, -0.2) is 0 Å². The van der Waals surface area contributed by atoms with Gasteiger partial charge >= 0.3 is 0 Å². The van der Waals surface area contributed by atoms with E-state index in [-0.39, 0.29) is 16.9 Å². The standard InChI is InChI=1S/C14H32NO/c1-9-13(2,3)14(4,5)10-12(16)11-15(6,7)8/h12,16H,9-11H2,1-8H3/q+1. The van der Waals surface area contributed by atoms with Crippen molar-refractivity contribution in [3.8, 4) is 0 Å². The summed E-state index contributed by atoms with van der Waals surface area (Å²) >= 11 is 0. The van der Waals surface area contributed by atoms with Gasteiger partial charge < -0.3 is 9.59 Å². The van der Waals surface area contributed by atoms with E-state index in [4.69, 9.17) is 0 Å². The molecule has 0 fully saturated rings. The summed E-state index contributed by atoms with van der Waals surface area (Å²) in [6.07, 6.45) is 1.82. The van der Waals surface area contributed by atoms with Crippen molar-refractivity contribution in [2.75, 3.05) is 27.7 Å². The number of nitrogens with zero attached hydrogens (tertiary/aromatic N) is 1. The first kappa shape index (κ1) is 15.9. The maximum Gasteiger partial charge on any atom is 0.104 e. The van der Waals surface area contributed by atoms with E-state index in [1.807, 2.05) is 0 Å². The molecule has 0 aromatic rings. The first-order chi connectivity index (χ1) is 6.91. The molecule has 0 amide bonds. The summed E-state index contributed by atoms with van der Waals surface area (Å²) in [6, 6.07) is 0. The molecule has 2 heteroatoms. The Morgan fingerprint density at radius 1 is 1.00 bits per heavy atom. The fourth-order valence-electron chi connectivity index (χ4n) is 2.04. The van der Waals surface area contributed by atoms with Crippen molar-refractivity contribution in [1.29, 1.82) is 0 Å². The smallest absolute Gasteiger partial charge is 0.104 e. The Labute approximate surface area is 102 Å². The summed E-state index contributed by atoms with van der Waals surface area (Å²) in [5, 5.41) is 10.2. The van der Waals surface area contributed by atoms with Crippen LogP contribution in [0.3, 0.4) is 0 Å². The second-order valence-corrected chi connectivity index (χ2v) is 7.45. The van der Waals surface area contributed by atoms with Gasteiger partial charge in [0.1, 0.15) is 12.6 Å². The van der Waals surface area contributed by atoms with E-state index in [1.165, 1.54) is 0 Å². The van der Waals surface area contributed by atoms with Crippen LogP contribution in [0, 0.1) is 10.8 Å². The molecule has 1 N–H and O–H groups in total. The molecular formula is C14H32NO+. The quantitative estimate of drug-likeness (QED) is 0.696. The molecule has 1 atom stereocenters. The molecule has 0 rings (SSSR count). The van der Waals surface area contributed by atoms with E-state index in [9.17, 15) is 5.11 Å². The Kier molecular flexibility index (Phi) is 5.03. The molecule has 0 aromatic carbocycles. The fourth-order valence-corrected chi connectivity index (χ4v) is 2.04. The average Bonchev–Trinajstić information content (AvgIpc) is 1.98. The lowest BCUT2D eigenvalue weighted by Crippen LogP contribution is -2.44. The zero-order valence-electron chi connectivity index (χ0n) is 12.6. The largest absolute Gasteiger partial charge is 0.387 e. The van der Waals surface area contributed by atoms with Gasteiger partial charge in [-0.3, -0.25) is 0 Å². The zero-order chi connectivity index (χ0) is 13.2. The Hall–Kier alpha value is -0.0800. The van der Waals surface area contributed by atoms with Gasteiger partial charge in [0, 0.05) is 0 Å². The number of hydrogen-bond acceptors (Lipinski definition) is 1. The second-order valence-electron chi connectivity index (χ2n) is 7.45. The highest BCUT2D eigenvalue weighted by Crippen LogP contribution is 2.44. The average molecular weight is 230 g/mol. The lowest BCUT2D eigenvalue weighted by molar-refractivity contribution is -0.873. The molecular weight excluding hydrogens is 198 g/mol. The van der Waals surface area contributed by atoms with Crippen LogP contribution in [0.4, 0.5) is 0 Å². The third kappa shape index (κ3) is 4.84. The highest BCUT2D eigenvalue weighted by atomic mass is 16.3. The fraction of sp³-hybridized carbons (Fsp3) is 1.00. The molecule has 16 heavy (non-hydrogen) atoms. The van der Waals surface area contributed by atoms with Crippen molar-refractivity contribution in [1.82, 2.24) is 0 Å². The molecule has 0 aromatic heterocycles. The van der Waals surface area contributed by atoms with Crippen LogP contribution >= 0.6 is 0 Å². The maximum atomic E-state index is 10.2. The molecule has 98 valence electrons. The topological polar surface area (TPSA) is 20.2 Å². The second kappa shape index (κ2) is 5.05. The van der Waals surface area contributed by atoms with Crippen molar-refractivity contribution >= 4 is 0 Å². The van der Waals surface area contributed by atoms with Gasteiger partial charge in [-0.15, -0.1) is 0 Å². The van der Waals surface area contributed by atoms with Crippen molar-refractivity contribution in [3.05, 3.63) is 0 Å². The number of rotatable bonds is 6. The Balaban J connectivity index is 4.48. The molecule has 1 unspecified atom stereocenters. The van der Waals surface area contributed by atoms with Gasteiger partial charge in [0.15, 0.2) is 0 Å². The van der Waals surface area contributed by atoms with E-state index < -0.39 is 0 Å². The number of aliphatic hydroxyl groups is 1. The molecule has 0 aliphatic carbocycles. The van der Waals surface area contributed by atoms with Crippen LogP contribution in [0.5, 0.6) is 0 Å². The summed E-state index contributed by atoms with van der Waals surface area (Å²) in [4.78, 5) is 0. The lowest BCUT2D eigenvalue weighted by Gasteiger charge is -2.43. The van der Waals surface area contributed by atoms with Crippen LogP contribution < -0.4 is 0 Å². The van der Waals surface area contributed by atoms with Gasteiger partial charge in [-0.2, -0.15) is 0 Å². The normalized spacial score (nSPS) is 16.3. The highest BCUT2D eigenvalue weighted by molar-refractivity contribution is 4.86. The summed E-state index contributed by atoms with van der Waals surface area (Å²) < 4.78 is 0.823. The lowest BCUT2D eigenvalue weighted by atomic mass is 9.64. The van der Waals surface area contributed by atoms with Crippen molar-refractivity contribution < 1.29 is 9.59 Å². The maximum absolute atomic E-state index is 10.2. The first-order valence-electron chi connectivity index (χ1n) is 6.40. The van der Waals surface area contributed by atoms with Gasteiger partial charge in [0.25, 0.3) is 0 Å². The van der Waals surface area contributed by atoms with E-state index in [0.717, 1.165) is 23.9 Å². The number of aliphatic hydroxyl groups excluding tert-OH is 1. The minimum Gasteiger partial charge on any atom is -0.387 e. The molecule has 0 saturated carbocycles. The Morgan fingerprint density at radius 3 is 1.75 bits per heavy atom. The molecule has 0 aliphatic rings. The van der Waals surface area contributed by atoms with Crippen molar-refractivity contribution in [3.63, 3.8) is 0 Å². The van der Waals surface area contributed by atoms with E-state index in [1.54, 1.807) is 0 Å². The number of quaternary nitrogens is 1. The molecule has 0 radical (unpaired) electrons. The molecule has 0 aliphatic heterocycles. The Morgan fingerprint density at radius 2 is 1.44 bits per heavy atom. The van der Waals surface area contributed by atoms with Crippen molar-refractivity contribution in [2.45, 2.75) is 53.6 Å². The van der Waals surface area contributed by atoms with Crippen LogP contribution in [0.1, 0.15) is 47.5 Å². The van der Waals surface area contributed by atoms with Gasteiger partial charge in [0.2, 0.25) is 0 Å². The van der Waals surface area contributed by atoms with E-state index >= 15 is 0 Å². The first-order valence-corrected chi connectivity index (χ1v) is 6.40. The molecule has 0 spiro atoms. The predicted octanol–water partition coefficient (Wildman–Crippen LogP) is 2.91. The van der Waals surface area contributed by atoms with Gasteiger partial charge in [-0.1, -0.05) is 41.0 Å². The van der Waals surface area contributed by atoms with Crippen LogP contribution in [0.25, 0.3) is 0 Å². The van der Waals surface area contributed by atoms with Crippen LogP contribution in [-0.4, -0.2) is 43.4 Å². The molecule has 2 nitrogen and oxygen atoms in total. The van der Waals surface area contributed by atoms with Gasteiger partial charge in [0.05, 0.1) is 21.1 Å². The van der Waals surface area contributed by atoms with Crippen LogP contribution in [0.2, 0.25) is 0 Å². The SMILES string of the molecule is CCC(C)(C)C(C)(C)CC(O)C[N+](C)(C)C. The summed E-state index contributed by atoms with van der Waals surface area (Å²) in [5.74, 6) is 0. The third-order valence-corrected chi connectivity index (χ3v) is 4.22. The number of hydrogen-bond donors (Lipinski definition) is 1. The zero-order valence-corrected chi connectivity index (χ0v) is 12.6. The molecule has 0 heterocycles. The molecule has 0 saturated heterocycles. The molecule has 0 bridgehead atoms. The van der Waals surface area contributed by atoms with Crippen LogP contribution in [0.15, 0.2) is 0 Å². The summed E-state index contributed by atoms with van der Waals surface area (Å²) in [6.45, 7) is 12.2. The monoisotopic (exact) mass is 230 g/mol. The summed E-state index contributed by atoms with van der Waals surface area (Å²) in [7, 11) is 6.38. The Bertz CT molecular complexity index is 213. The van der Waals surface area contributed by atoms with E-state index in [0.29, 0.717) is 0 Å². The van der Waals surface area contributed by atoms with Crippen molar-refractivity contribution in [2.24, 2.45) is 10.8 Å². The van der Waals surface area contributed by atoms with Gasteiger partial charge in [-0.05, 0) is 17.3 Å². The third-order valence-electron chi connectivity index (χ3n) is 4.22. The summed E-state index contributed by atoms with van der Waals surface area (Å²) in [5.41, 5.74) is 0.454. The highest BCUT2D eigenvalue weighted by Gasteiger charge is 2.37. The number of likely N-dealkylation sites (N-methyl/N-ethyl adjacent to an activating group) is 1. The van der Waals surface area contributed by atoms with Crippen LogP contribution in [-0.2, 0) is 0 Å². The minimum atomic E-state index is -0.208.